The molecule has 0 heterocycles. The van der Waals surface area contributed by atoms with E-state index in [9.17, 15) is 0 Å². The molecule has 157 valence electrons. The summed E-state index contributed by atoms with van der Waals surface area (Å²) in [5.74, 6) is 1.81. The van der Waals surface area contributed by atoms with Crippen LogP contribution >= 0.6 is 0 Å². The summed E-state index contributed by atoms with van der Waals surface area (Å²) >= 11 is 0. The van der Waals surface area contributed by atoms with Crippen LogP contribution in [0.2, 0.25) is 0 Å². The molecule has 27 heavy (non-hydrogen) atoms. The van der Waals surface area contributed by atoms with Gasteiger partial charge in [-0.25, -0.2) is 0 Å². The Kier molecular flexibility index (Phi) is 16.5. The molecule has 1 aromatic rings. The molecule has 0 amide bonds. The van der Waals surface area contributed by atoms with E-state index in [0.717, 1.165) is 13.1 Å². The quantitative estimate of drug-likeness (QED) is 0.370. The largest absolute Gasteiger partial charge is 3.00 e. The second-order valence-electron chi connectivity index (χ2n) is 8.77. The van der Waals surface area contributed by atoms with Crippen molar-refractivity contribution in [3.63, 3.8) is 0 Å². The molecule has 0 atom stereocenters. The first-order valence-corrected chi connectivity index (χ1v) is 9.71. The van der Waals surface area contributed by atoms with Crippen LogP contribution in [0.15, 0.2) is 0 Å². The molecule has 0 aromatic heterocycles. The average molecular weight is 412 g/mol. The van der Waals surface area contributed by atoms with Crippen LogP contribution in [0.4, 0.5) is 0 Å². The zero-order chi connectivity index (χ0) is 18.6. The first-order chi connectivity index (χ1) is 11.1. The van der Waals surface area contributed by atoms with E-state index in [-0.39, 0.29) is 36.6 Å². The van der Waals surface area contributed by atoms with Crippen LogP contribution in [0, 0.1) is 14.9 Å². The predicted octanol–water partition coefficient (Wildman–Crippen LogP) is 5.88. The third-order valence-corrected chi connectivity index (χ3v) is 4.94. The van der Waals surface area contributed by atoms with E-state index < -0.39 is 0 Å². The zero-order valence-electron chi connectivity index (χ0n) is 20.5. The van der Waals surface area contributed by atoms with Gasteiger partial charge in [-0.2, -0.15) is 22.3 Å². The van der Waals surface area contributed by atoms with E-state index in [1.807, 2.05) is 0 Å². The van der Waals surface area contributed by atoms with Crippen molar-refractivity contribution in [2.75, 3.05) is 41.3 Å². The smallest absolute Gasteiger partial charge is 0.358 e. The monoisotopic (exact) mass is 411 g/mol. The molecule has 1 rings (SSSR count). The van der Waals surface area contributed by atoms with Gasteiger partial charge in [0.25, 0.3) is 0 Å². The molecule has 0 spiro atoms. The SMILES string of the molecule is CC(C)c1c(CCN(C)C)c(C(C)C)[c-](CCN(C)C)c1C(C)C.[CH3-].[CH3-].[Ti+3]. The molecule has 0 unspecified atom stereocenters. The first kappa shape index (κ1) is 31.7. The van der Waals surface area contributed by atoms with Crippen LogP contribution in [0.25, 0.3) is 0 Å². The second-order valence-corrected chi connectivity index (χ2v) is 8.77. The Hall–Kier alpha value is -0.0157. The number of hydrogen-bond donors (Lipinski definition) is 0. The van der Waals surface area contributed by atoms with Crippen molar-refractivity contribution in [1.29, 1.82) is 0 Å². The van der Waals surface area contributed by atoms with Gasteiger partial charge in [0.05, 0.1) is 0 Å². The van der Waals surface area contributed by atoms with Crippen LogP contribution < -0.4 is 0 Å². The minimum Gasteiger partial charge on any atom is -0.358 e. The van der Waals surface area contributed by atoms with Crippen LogP contribution in [-0.4, -0.2) is 51.1 Å². The van der Waals surface area contributed by atoms with Crippen LogP contribution in [0.1, 0.15) is 87.1 Å². The fraction of sp³-hybridized carbons (Fsp3) is 0.708. The van der Waals surface area contributed by atoms with Crippen LogP contribution in [0.3, 0.4) is 0 Å². The average Bonchev–Trinajstić information content (AvgIpc) is 2.77. The van der Waals surface area contributed by atoms with Crippen molar-refractivity contribution in [3.05, 3.63) is 42.7 Å². The molecule has 0 fully saturated rings. The number of nitrogens with zero attached hydrogens (tertiary/aromatic N) is 2. The van der Waals surface area contributed by atoms with Gasteiger partial charge in [-0.15, -0.1) is 5.56 Å². The first-order valence-electron chi connectivity index (χ1n) is 9.71. The molecular formula is C24H47N2Ti. The van der Waals surface area contributed by atoms with Crippen molar-refractivity contribution in [1.82, 2.24) is 9.80 Å². The molecule has 2 nitrogen and oxygen atoms in total. The molecule has 1 radical (unpaired) electrons. The van der Waals surface area contributed by atoms with Gasteiger partial charge in [0.1, 0.15) is 0 Å². The summed E-state index contributed by atoms with van der Waals surface area (Å²) in [6.45, 7) is 16.5. The van der Waals surface area contributed by atoms with Crippen molar-refractivity contribution >= 4 is 0 Å². The van der Waals surface area contributed by atoms with Crippen molar-refractivity contribution < 1.29 is 21.7 Å². The van der Waals surface area contributed by atoms with Crippen LogP contribution in [-0.2, 0) is 34.6 Å². The van der Waals surface area contributed by atoms with Crippen molar-refractivity contribution in [3.8, 4) is 0 Å². The Bertz CT molecular complexity index is 469. The minimum absolute atomic E-state index is 0. The van der Waals surface area contributed by atoms with E-state index in [4.69, 9.17) is 0 Å². The molecule has 0 aliphatic carbocycles. The summed E-state index contributed by atoms with van der Waals surface area (Å²) in [4.78, 5) is 4.63. The fourth-order valence-electron chi connectivity index (χ4n) is 4.02. The van der Waals surface area contributed by atoms with Gasteiger partial charge >= 0.3 is 21.7 Å². The maximum absolute atomic E-state index is 2.38. The standard InChI is InChI=1S/C22H41N2.2CH3.Ti/c1-15(2)20-18(11-13-23(7)8)21(16(3)4)22(17(5)6)19(20)12-14-24(9)10;;;/h15-17H,11-14H2,1-10H3;2*1H3;/q3*-1;+3. The third-order valence-electron chi connectivity index (χ3n) is 4.94. The molecule has 0 N–H and O–H groups in total. The fourth-order valence-corrected chi connectivity index (χ4v) is 4.02. The van der Waals surface area contributed by atoms with Crippen molar-refractivity contribution in [2.45, 2.75) is 72.1 Å². The van der Waals surface area contributed by atoms with Gasteiger partial charge in [0.15, 0.2) is 0 Å². The summed E-state index contributed by atoms with van der Waals surface area (Å²) in [6, 6.07) is 0. The molecule has 0 saturated carbocycles. The van der Waals surface area contributed by atoms with Gasteiger partial charge in [-0.1, -0.05) is 60.3 Å². The van der Waals surface area contributed by atoms with Crippen molar-refractivity contribution in [2.24, 2.45) is 0 Å². The van der Waals surface area contributed by atoms with E-state index in [1.54, 1.807) is 27.8 Å². The Morgan fingerprint density at radius 1 is 0.704 bits per heavy atom. The number of rotatable bonds is 9. The summed E-state index contributed by atoms with van der Waals surface area (Å²) < 4.78 is 0. The molecule has 0 bridgehead atoms. The Labute approximate surface area is 187 Å². The normalized spacial score (nSPS) is 11.2. The zero-order valence-corrected chi connectivity index (χ0v) is 22.0. The predicted molar refractivity (Wildman–Crippen MR) is 122 cm³/mol. The summed E-state index contributed by atoms with van der Waals surface area (Å²) in [5.41, 5.74) is 8.29. The summed E-state index contributed by atoms with van der Waals surface area (Å²) in [5, 5.41) is 0. The van der Waals surface area contributed by atoms with Gasteiger partial charge < -0.3 is 24.7 Å². The molecule has 1 aromatic carbocycles. The van der Waals surface area contributed by atoms with Gasteiger partial charge in [-0.3, -0.25) is 0 Å². The molecule has 0 saturated heterocycles. The minimum atomic E-state index is 0. The molecule has 0 aliphatic rings. The van der Waals surface area contributed by atoms with E-state index in [1.165, 1.54) is 12.8 Å². The Morgan fingerprint density at radius 3 is 1.48 bits per heavy atom. The summed E-state index contributed by atoms with van der Waals surface area (Å²) in [7, 11) is 8.74. The summed E-state index contributed by atoms with van der Waals surface area (Å²) in [6.07, 6.45) is 2.35. The topological polar surface area (TPSA) is 6.48 Å². The second kappa shape index (κ2) is 14.0. The number of hydrogen-bond acceptors (Lipinski definition) is 2. The van der Waals surface area contributed by atoms with E-state index >= 15 is 0 Å². The molecule has 0 aliphatic heterocycles. The van der Waals surface area contributed by atoms with Gasteiger partial charge in [-0.05, 0) is 53.1 Å². The molecule has 3 heteroatoms. The Balaban J connectivity index is -0.00000192. The van der Waals surface area contributed by atoms with Crippen LogP contribution in [0.5, 0.6) is 0 Å². The van der Waals surface area contributed by atoms with Gasteiger partial charge in [0.2, 0.25) is 0 Å². The maximum Gasteiger partial charge on any atom is 3.00 e. The van der Waals surface area contributed by atoms with E-state index in [0.29, 0.717) is 17.8 Å². The number of likely N-dealkylation sites (N-methyl/N-ethyl adjacent to an activating group) is 2. The van der Waals surface area contributed by atoms with Gasteiger partial charge in [0, 0.05) is 0 Å². The maximum atomic E-state index is 2.38. The third kappa shape index (κ3) is 8.48. The Morgan fingerprint density at radius 2 is 1.15 bits per heavy atom. The van der Waals surface area contributed by atoms with E-state index in [2.05, 4.69) is 79.5 Å². The molecular weight excluding hydrogens is 364 g/mol.